The van der Waals surface area contributed by atoms with Crippen molar-refractivity contribution in [1.82, 2.24) is 5.43 Å². The third-order valence-corrected chi connectivity index (χ3v) is 5.16. The van der Waals surface area contributed by atoms with E-state index in [9.17, 15) is 9.18 Å². The maximum Gasteiger partial charge on any atom is 0.307 e. The standard InChI is InChI=1S/C25H20BrFN2O4/c1-2-31-21-8-10-23-17(12-21)13-24(33-23)25(30)29-28-14-18-11-19(26)5-9-22(18)32-15-16-3-6-20(27)7-4-16/h3-14H,2,15H2,1H3,(H,29,30)/b28-14+. The zero-order chi connectivity index (χ0) is 23.2. The highest BCUT2D eigenvalue weighted by atomic mass is 79.9. The van der Waals surface area contributed by atoms with Crippen LogP contribution in [0, 0.1) is 5.82 Å². The number of ether oxygens (including phenoxy) is 2. The Hall–Kier alpha value is -3.65. The molecule has 6 nitrogen and oxygen atoms in total. The molecule has 168 valence electrons. The monoisotopic (exact) mass is 510 g/mol. The summed E-state index contributed by atoms with van der Waals surface area (Å²) in [6.45, 7) is 2.72. The van der Waals surface area contributed by atoms with Crippen molar-refractivity contribution in [2.45, 2.75) is 13.5 Å². The van der Waals surface area contributed by atoms with Crippen LogP contribution in [0.5, 0.6) is 11.5 Å². The maximum absolute atomic E-state index is 13.1. The summed E-state index contributed by atoms with van der Waals surface area (Å²) in [5.74, 6) is 0.624. The predicted molar refractivity (Wildman–Crippen MR) is 127 cm³/mol. The number of carbonyl (C=O) groups is 1. The van der Waals surface area contributed by atoms with Gasteiger partial charge in [-0.15, -0.1) is 0 Å². The summed E-state index contributed by atoms with van der Waals surface area (Å²) in [6.07, 6.45) is 1.48. The number of benzene rings is 3. The summed E-state index contributed by atoms with van der Waals surface area (Å²) in [4.78, 5) is 12.5. The van der Waals surface area contributed by atoms with Gasteiger partial charge >= 0.3 is 5.91 Å². The summed E-state index contributed by atoms with van der Waals surface area (Å²) in [5, 5.41) is 4.81. The normalized spacial score (nSPS) is 11.1. The summed E-state index contributed by atoms with van der Waals surface area (Å²) >= 11 is 3.42. The van der Waals surface area contributed by atoms with Gasteiger partial charge in [0, 0.05) is 15.4 Å². The van der Waals surface area contributed by atoms with Crippen LogP contribution >= 0.6 is 15.9 Å². The van der Waals surface area contributed by atoms with E-state index in [0.717, 1.165) is 15.4 Å². The first-order chi connectivity index (χ1) is 16.0. The van der Waals surface area contributed by atoms with Crippen LogP contribution < -0.4 is 14.9 Å². The van der Waals surface area contributed by atoms with Crippen molar-refractivity contribution in [3.63, 3.8) is 0 Å². The van der Waals surface area contributed by atoms with Gasteiger partial charge in [0.25, 0.3) is 0 Å². The van der Waals surface area contributed by atoms with Crippen LogP contribution in [0.1, 0.15) is 28.6 Å². The first-order valence-corrected chi connectivity index (χ1v) is 11.0. The van der Waals surface area contributed by atoms with Crippen LogP contribution in [0.4, 0.5) is 4.39 Å². The molecular weight excluding hydrogens is 491 g/mol. The van der Waals surface area contributed by atoms with Crippen LogP contribution in [-0.2, 0) is 6.61 Å². The highest BCUT2D eigenvalue weighted by Crippen LogP contribution is 2.25. The first kappa shape index (κ1) is 22.5. The molecule has 0 radical (unpaired) electrons. The van der Waals surface area contributed by atoms with Crippen LogP contribution in [0.3, 0.4) is 0 Å². The number of hydrogen-bond acceptors (Lipinski definition) is 5. The van der Waals surface area contributed by atoms with Gasteiger partial charge in [0.2, 0.25) is 0 Å². The fraction of sp³-hybridized carbons (Fsp3) is 0.120. The van der Waals surface area contributed by atoms with Crippen molar-refractivity contribution in [3.05, 3.63) is 93.9 Å². The molecule has 0 saturated heterocycles. The van der Waals surface area contributed by atoms with Gasteiger partial charge in [0.1, 0.15) is 29.5 Å². The molecule has 1 heterocycles. The number of hydrogen-bond donors (Lipinski definition) is 1. The number of nitrogens with one attached hydrogen (secondary N) is 1. The molecule has 0 aliphatic rings. The van der Waals surface area contributed by atoms with Gasteiger partial charge in [-0.3, -0.25) is 4.79 Å². The molecule has 0 fully saturated rings. The van der Waals surface area contributed by atoms with E-state index in [-0.39, 0.29) is 18.2 Å². The average molecular weight is 511 g/mol. The molecule has 0 bridgehead atoms. The first-order valence-electron chi connectivity index (χ1n) is 10.2. The third-order valence-electron chi connectivity index (χ3n) is 4.67. The number of halogens is 2. The van der Waals surface area contributed by atoms with Crippen molar-refractivity contribution >= 4 is 39.0 Å². The van der Waals surface area contributed by atoms with Crippen molar-refractivity contribution in [1.29, 1.82) is 0 Å². The molecule has 1 N–H and O–H groups in total. The summed E-state index contributed by atoms with van der Waals surface area (Å²) in [7, 11) is 0. The summed E-state index contributed by atoms with van der Waals surface area (Å²) < 4.78 is 30.8. The Kier molecular flexibility index (Phi) is 7.04. The highest BCUT2D eigenvalue weighted by Gasteiger charge is 2.12. The fourth-order valence-electron chi connectivity index (χ4n) is 3.10. The topological polar surface area (TPSA) is 73.1 Å². The van der Waals surface area contributed by atoms with Gasteiger partial charge in [-0.1, -0.05) is 28.1 Å². The Morgan fingerprint density at radius 1 is 1.09 bits per heavy atom. The van der Waals surface area contributed by atoms with Gasteiger partial charge < -0.3 is 13.9 Å². The largest absolute Gasteiger partial charge is 0.494 e. The Labute approximate surface area is 198 Å². The van der Waals surface area contributed by atoms with Gasteiger partial charge in [-0.05, 0) is 67.1 Å². The molecule has 4 aromatic rings. The number of furan rings is 1. The van der Waals surface area contributed by atoms with Crippen LogP contribution in [-0.4, -0.2) is 18.7 Å². The second kappa shape index (κ2) is 10.3. The molecule has 33 heavy (non-hydrogen) atoms. The van der Waals surface area contributed by atoms with Crippen molar-refractivity contribution < 1.29 is 23.1 Å². The molecule has 3 aromatic carbocycles. The number of amides is 1. The lowest BCUT2D eigenvalue weighted by atomic mass is 10.2. The molecule has 1 aromatic heterocycles. The Morgan fingerprint density at radius 2 is 1.91 bits per heavy atom. The van der Waals surface area contributed by atoms with Gasteiger partial charge in [0.15, 0.2) is 5.76 Å². The average Bonchev–Trinajstić information content (AvgIpc) is 3.23. The molecule has 0 aliphatic carbocycles. The number of fused-ring (bicyclic) bond motifs is 1. The van der Waals surface area contributed by atoms with Crippen LogP contribution in [0.2, 0.25) is 0 Å². The quantitative estimate of drug-likeness (QED) is 0.230. The second-order valence-corrected chi connectivity index (χ2v) is 7.96. The van der Waals surface area contributed by atoms with E-state index in [1.165, 1.54) is 18.3 Å². The Morgan fingerprint density at radius 3 is 2.70 bits per heavy atom. The van der Waals surface area contributed by atoms with Crippen molar-refractivity contribution in [2.24, 2.45) is 5.10 Å². The molecule has 1 amide bonds. The smallest absolute Gasteiger partial charge is 0.307 e. The van der Waals surface area contributed by atoms with Gasteiger partial charge in [-0.2, -0.15) is 5.10 Å². The zero-order valence-corrected chi connectivity index (χ0v) is 19.3. The van der Waals surface area contributed by atoms with Gasteiger partial charge in [0.05, 0.1) is 12.8 Å². The SMILES string of the molecule is CCOc1ccc2oc(C(=O)N/N=C/c3cc(Br)ccc3OCc3ccc(F)cc3)cc2c1. The number of nitrogens with zero attached hydrogens (tertiary/aromatic N) is 1. The van der Waals surface area contributed by atoms with E-state index in [1.807, 2.05) is 25.1 Å². The zero-order valence-electron chi connectivity index (χ0n) is 17.7. The summed E-state index contributed by atoms with van der Waals surface area (Å²) in [6, 6.07) is 18.5. The highest BCUT2D eigenvalue weighted by molar-refractivity contribution is 9.10. The van der Waals surface area contributed by atoms with Crippen molar-refractivity contribution in [2.75, 3.05) is 6.61 Å². The number of hydrazone groups is 1. The Bertz CT molecular complexity index is 1300. The molecule has 0 unspecified atom stereocenters. The molecule has 0 aliphatic heterocycles. The maximum atomic E-state index is 13.1. The van der Waals surface area contributed by atoms with E-state index < -0.39 is 5.91 Å². The van der Waals surface area contributed by atoms with Crippen LogP contribution in [0.25, 0.3) is 11.0 Å². The van der Waals surface area contributed by atoms with E-state index >= 15 is 0 Å². The fourth-order valence-corrected chi connectivity index (χ4v) is 3.48. The van der Waals surface area contributed by atoms with Crippen molar-refractivity contribution in [3.8, 4) is 11.5 Å². The second-order valence-electron chi connectivity index (χ2n) is 7.04. The van der Waals surface area contributed by atoms with E-state index in [0.29, 0.717) is 29.3 Å². The Balaban J connectivity index is 1.44. The lowest BCUT2D eigenvalue weighted by Crippen LogP contribution is -2.16. The molecule has 8 heteroatoms. The minimum atomic E-state index is -0.482. The van der Waals surface area contributed by atoms with E-state index in [4.69, 9.17) is 13.9 Å². The third kappa shape index (κ3) is 5.78. The van der Waals surface area contributed by atoms with Gasteiger partial charge in [-0.25, -0.2) is 9.82 Å². The predicted octanol–water partition coefficient (Wildman–Crippen LogP) is 6.08. The van der Waals surface area contributed by atoms with Crippen LogP contribution in [0.15, 0.2) is 80.7 Å². The molecule has 0 saturated carbocycles. The number of rotatable bonds is 8. The lowest BCUT2D eigenvalue weighted by molar-refractivity contribution is 0.0929. The molecule has 0 spiro atoms. The van der Waals surface area contributed by atoms with E-state index in [1.54, 1.807) is 36.4 Å². The number of carbonyl (C=O) groups excluding carboxylic acids is 1. The molecule has 0 atom stereocenters. The molecular formula is C25H20BrFN2O4. The van der Waals surface area contributed by atoms with E-state index in [2.05, 4.69) is 26.5 Å². The summed E-state index contributed by atoms with van der Waals surface area (Å²) in [5.41, 5.74) is 4.52. The lowest BCUT2D eigenvalue weighted by Gasteiger charge is -2.09. The molecule has 4 rings (SSSR count). The minimum absolute atomic E-state index is 0.137. The minimum Gasteiger partial charge on any atom is -0.494 e.